The van der Waals surface area contributed by atoms with Crippen LogP contribution in [0.15, 0.2) is 37.9 Å². The van der Waals surface area contributed by atoms with Crippen LogP contribution in [0, 0.1) is 0 Å². The Bertz CT molecular complexity index is 601. The summed E-state index contributed by atoms with van der Waals surface area (Å²) in [5.74, 6) is 0. The molecular formula is C10H4BrF3O2. The predicted octanol–water partition coefficient (Wildman–Crippen LogP) is 3.57. The van der Waals surface area contributed by atoms with Crippen LogP contribution in [0.2, 0.25) is 0 Å². The molecule has 0 N–H and O–H groups in total. The predicted molar refractivity (Wildman–Crippen MR) is 55.2 cm³/mol. The molecule has 2 nitrogen and oxygen atoms in total. The zero-order valence-electron chi connectivity index (χ0n) is 7.64. The topological polar surface area (TPSA) is 30.2 Å². The van der Waals surface area contributed by atoms with Gasteiger partial charge >= 0.3 is 11.8 Å². The van der Waals surface area contributed by atoms with Crippen molar-refractivity contribution in [2.75, 3.05) is 0 Å². The van der Waals surface area contributed by atoms with E-state index in [-0.39, 0.29) is 5.58 Å². The Balaban J connectivity index is 2.76. The third-order valence-electron chi connectivity index (χ3n) is 2.02. The lowest BCUT2D eigenvalue weighted by molar-refractivity contribution is -0.137. The summed E-state index contributed by atoms with van der Waals surface area (Å²) >= 11 is 3.08. The van der Waals surface area contributed by atoms with Crippen LogP contribution in [0.4, 0.5) is 13.2 Å². The fourth-order valence-electron chi connectivity index (χ4n) is 1.30. The number of benzene rings is 1. The molecule has 2 aromatic rings. The van der Waals surface area contributed by atoms with Gasteiger partial charge in [0.05, 0.1) is 5.56 Å². The van der Waals surface area contributed by atoms with Crippen molar-refractivity contribution < 1.29 is 17.6 Å². The van der Waals surface area contributed by atoms with E-state index < -0.39 is 17.4 Å². The SMILES string of the molecule is O=c1cc(Br)c2ccc(C(F)(F)F)cc2o1. The summed E-state index contributed by atoms with van der Waals surface area (Å²) < 4.78 is 42.3. The number of fused-ring (bicyclic) bond motifs is 1. The Labute approximate surface area is 95.8 Å². The van der Waals surface area contributed by atoms with Crippen molar-refractivity contribution in [3.63, 3.8) is 0 Å². The van der Waals surface area contributed by atoms with E-state index in [2.05, 4.69) is 15.9 Å². The number of hydrogen-bond acceptors (Lipinski definition) is 2. The molecule has 1 heterocycles. The molecule has 0 atom stereocenters. The van der Waals surface area contributed by atoms with Gasteiger partial charge in [0.1, 0.15) is 5.58 Å². The highest BCUT2D eigenvalue weighted by molar-refractivity contribution is 9.10. The lowest BCUT2D eigenvalue weighted by atomic mass is 10.1. The molecule has 0 amide bonds. The van der Waals surface area contributed by atoms with Gasteiger partial charge in [-0.25, -0.2) is 4.79 Å². The average molecular weight is 293 g/mol. The second-order valence-electron chi connectivity index (χ2n) is 3.12. The van der Waals surface area contributed by atoms with E-state index in [1.54, 1.807) is 0 Å². The molecule has 0 aliphatic carbocycles. The molecule has 0 spiro atoms. The van der Waals surface area contributed by atoms with E-state index in [9.17, 15) is 18.0 Å². The van der Waals surface area contributed by atoms with Gasteiger partial charge in [-0.1, -0.05) is 0 Å². The molecule has 0 saturated carbocycles. The van der Waals surface area contributed by atoms with E-state index >= 15 is 0 Å². The summed E-state index contributed by atoms with van der Waals surface area (Å²) in [6.07, 6.45) is -4.45. The minimum absolute atomic E-state index is 0.0887. The Hall–Kier alpha value is -1.30. The molecule has 1 aromatic carbocycles. The molecule has 0 aliphatic rings. The van der Waals surface area contributed by atoms with E-state index in [4.69, 9.17) is 4.42 Å². The standard InChI is InChI=1S/C10H4BrF3O2/c11-7-4-9(15)16-8-3-5(10(12,13)14)1-2-6(7)8/h1-4H. The summed E-state index contributed by atoms with van der Waals surface area (Å²) in [6.45, 7) is 0. The highest BCUT2D eigenvalue weighted by Gasteiger charge is 2.30. The molecule has 1 aromatic heterocycles. The fraction of sp³-hybridized carbons (Fsp3) is 0.100. The molecule has 0 fully saturated rings. The summed E-state index contributed by atoms with van der Waals surface area (Å²) in [6, 6.07) is 4.16. The maximum atomic E-state index is 12.4. The molecular weight excluding hydrogens is 289 g/mol. The number of alkyl halides is 3. The Morgan fingerprint density at radius 2 is 1.88 bits per heavy atom. The number of halogens is 4. The van der Waals surface area contributed by atoms with E-state index in [1.165, 1.54) is 6.07 Å². The van der Waals surface area contributed by atoms with Crippen molar-refractivity contribution in [1.82, 2.24) is 0 Å². The molecule has 16 heavy (non-hydrogen) atoms. The molecule has 6 heteroatoms. The molecule has 0 unspecified atom stereocenters. The zero-order chi connectivity index (χ0) is 11.9. The number of hydrogen-bond donors (Lipinski definition) is 0. The zero-order valence-corrected chi connectivity index (χ0v) is 9.22. The molecule has 0 aliphatic heterocycles. The van der Waals surface area contributed by atoms with Crippen LogP contribution in [0.25, 0.3) is 11.0 Å². The van der Waals surface area contributed by atoms with Gasteiger partial charge in [0.15, 0.2) is 0 Å². The van der Waals surface area contributed by atoms with Crippen molar-refractivity contribution in [2.45, 2.75) is 6.18 Å². The Morgan fingerprint density at radius 1 is 1.19 bits per heavy atom. The van der Waals surface area contributed by atoms with Crippen LogP contribution in [0.3, 0.4) is 0 Å². The maximum Gasteiger partial charge on any atom is 0.416 e. The lowest BCUT2D eigenvalue weighted by Gasteiger charge is -2.07. The first-order valence-corrected chi connectivity index (χ1v) is 4.98. The molecule has 0 radical (unpaired) electrons. The fourth-order valence-corrected chi connectivity index (χ4v) is 1.81. The van der Waals surface area contributed by atoms with Crippen LogP contribution < -0.4 is 5.63 Å². The monoisotopic (exact) mass is 292 g/mol. The normalized spacial score (nSPS) is 12.0. The van der Waals surface area contributed by atoms with Gasteiger partial charge in [0, 0.05) is 15.9 Å². The molecule has 2 rings (SSSR count). The van der Waals surface area contributed by atoms with Crippen molar-refractivity contribution in [2.24, 2.45) is 0 Å². The summed E-state index contributed by atoms with van der Waals surface area (Å²) in [4.78, 5) is 11.0. The highest BCUT2D eigenvalue weighted by atomic mass is 79.9. The van der Waals surface area contributed by atoms with Crippen LogP contribution in [0.5, 0.6) is 0 Å². The molecule has 0 saturated heterocycles. The third kappa shape index (κ3) is 1.97. The summed E-state index contributed by atoms with van der Waals surface area (Å²) in [5, 5.41) is 0.424. The smallest absolute Gasteiger partial charge is 0.416 e. The Morgan fingerprint density at radius 3 is 2.50 bits per heavy atom. The van der Waals surface area contributed by atoms with Crippen molar-refractivity contribution >= 4 is 26.9 Å². The van der Waals surface area contributed by atoms with E-state index in [0.717, 1.165) is 18.2 Å². The summed E-state index contributed by atoms with van der Waals surface area (Å²) in [5.41, 5.74) is -1.63. The van der Waals surface area contributed by atoms with E-state index in [0.29, 0.717) is 9.86 Å². The van der Waals surface area contributed by atoms with Gasteiger partial charge in [0.25, 0.3) is 0 Å². The first kappa shape index (κ1) is 11.2. The van der Waals surface area contributed by atoms with Crippen LogP contribution in [-0.2, 0) is 6.18 Å². The quantitative estimate of drug-likeness (QED) is 0.695. The van der Waals surface area contributed by atoms with Crippen LogP contribution in [-0.4, -0.2) is 0 Å². The van der Waals surface area contributed by atoms with E-state index in [1.807, 2.05) is 0 Å². The van der Waals surface area contributed by atoms with Gasteiger partial charge in [-0.15, -0.1) is 0 Å². The summed E-state index contributed by atoms with van der Waals surface area (Å²) in [7, 11) is 0. The lowest BCUT2D eigenvalue weighted by Crippen LogP contribution is -2.05. The largest absolute Gasteiger partial charge is 0.423 e. The second-order valence-corrected chi connectivity index (χ2v) is 3.98. The van der Waals surface area contributed by atoms with Crippen LogP contribution >= 0.6 is 15.9 Å². The first-order chi connectivity index (χ1) is 7.38. The minimum Gasteiger partial charge on any atom is -0.423 e. The third-order valence-corrected chi connectivity index (χ3v) is 2.68. The van der Waals surface area contributed by atoms with Crippen molar-refractivity contribution in [3.8, 4) is 0 Å². The van der Waals surface area contributed by atoms with Crippen molar-refractivity contribution in [3.05, 3.63) is 44.7 Å². The number of rotatable bonds is 0. The van der Waals surface area contributed by atoms with Gasteiger partial charge < -0.3 is 4.42 Å². The first-order valence-electron chi connectivity index (χ1n) is 4.18. The average Bonchev–Trinajstić information content (AvgIpc) is 2.15. The molecule has 84 valence electrons. The Kier molecular flexibility index (Phi) is 2.53. The van der Waals surface area contributed by atoms with Gasteiger partial charge in [-0.3, -0.25) is 0 Å². The molecule has 0 bridgehead atoms. The minimum atomic E-state index is -4.45. The van der Waals surface area contributed by atoms with Crippen LogP contribution in [0.1, 0.15) is 5.56 Å². The second kappa shape index (κ2) is 3.62. The van der Waals surface area contributed by atoms with Gasteiger partial charge in [-0.2, -0.15) is 13.2 Å². The highest BCUT2D eigenvalue weighted by Crippen LogP contribution is 2.32. The van der Waals surface area contributed by atoms with Gasteiger partial charge in [0.2, 0.25) is 0 Å². The maximum absolute atomic E-state index is 12.4. The van der Waals surface area contributed by atoms with Gasteiger partial charge in [-0.05, 0) is 34.1 Å². The van der Waals surface area contributed by atoms with Crippen molar-refractivity contribution in [1.29, 1.82) is 0 Å².